The summed E-state index contributed by atoms with van der Waals surface area (Å²) in [7, 11) is 0. The van der Waals surface area contributed by atoms with Crippen molar-refractivity contribution in [2.75, 3.05) is 6.54 Å². The maximum atomic E-state index is 10.8. The lowest BCUT2D eigenvalue weighted by atomic mass is 10.1. The van der Waals surface area contributed by atoms with E-state index in [9.17, 15) is 4.79 Å². The van der Waals surface area contributed by atoms with E-state index in [0.717, 1.165) is 13.0 Å². The van der Waals surface area contributed by atoms with E-state index in [1.807, 2.05) is 6.92 Å². The van der Waals surface area contributed by atoms with Crippen LogP contribution in [0.2, 0.25) is 0 Å². The Morgan fingerprint density at radius 2 is 2.40 bits per heavy atom. The van der Waals surface area contributed by atoms with Gasteiger partial charge < -0.3 is 11.1 Å². The molecule has 1 rings (SSSR count). The van der Waals surface area contributed by atoms with Crippen molar-refractivity contribution in [3.05, 3.63) is 21.9 Å². The van der Waals surface area contributed by atoms with Crippen LogP contribution in [0.25, 0.3) is 0 Å². The first kappa shape index (κ1) is 12.2. The molecule has 15 heavy (non-hydrogen) atoms. The first-order valence-corrected chi connectivity index (χ1v) is 6.08. The minimum atomic E-state index is -0.246. The molecule has 0 bridgehead atoms. The molecule has 0 saturated heterocycles. The molecule has 3 nitrogen and oxygen atoms in total. The van der Waals surface area contributed by atoms with E-state index in [1.165, 1.54) is 10.4 Å². The summed E-state index contributed by atoms with van der Waals surface area (Å²) in [5, 5.41) is 5.36. The van der Waals surface area contributed by atoms with Crippen molar-refractivity contribution in [2.24, 2.45) is 11.7 Å². The SMILES string of the molecule is CCc1ccsc1CNCC(C)C(N)=O. The topological polar surface area (TPSA) is 55.1 Å². The molecule has 0 aliphatic rings. The number of carbonyl (C=O) groups is 1. The molecule has 1 atom stereocenters. The first-order chi connectivity index (χ1) is 7.15. The Bertz CT molecular complexity index is 322. The second kappa shape index (κ2) is 5.88. The predicted molar refractivity (Wildman–Crippen MR) is 63.8 cm³/mol. The fourth-order valence-corrected chi connectivity index (χ4v) is 2.29. The molecular weight excluding hydrogens is 208 g/mol. The number of amides is 1. The van der Waals surface area contributed by atoms with Crippen molar-refractivity contribution in [3.8, 4) is 0 Å². The molecule has 1 amide bonds. The molecule has 1 unspecified atom stereocenters. The van der Waals surface area contributed by atoms with E-state index in [2.05, 4.69) is 23.7 Å². The maximum absolute atomic E-state index is 10.8. The van der Waals surface area contributed by atoms with E-state index in [1.54, 1.807) is 11.3 Å². The highest BCUT2D eigenvalue weighted by Gasteiger charge is 2.08. The third kappa shape index (κ3) is 3.64. The van der Waals surface area contributed by atoms with Gasteiger partial charge in [-0.3, -0.25) is 4.79 Å². The fourth-order valence-electron chi connectivity index (χ4n) is 1.34. The zero-order chi connectivity index (χ0) is 11.3. The average Bonchev–Trinajstić information content (AvgIpc) is 2.65. The zero-order valence-electron chi connectivity index (χ0n) is 9.25. The van der Waals surface area contributed by atoms with Gasteiger partial charge in [-0.15, -0.1) is 11.3 Å². The van der Waals surface area contributed by atoms with Crippen LogP contribution in [0.4, 0.5) is 0 Å². The summed E-state index contributed by atoms with van der Waals surface area (Å²) in [5.74, 6) is -0.348. The van der Waals surface area contributed by atoms with Gasteiger partial charge in [0.2, 0.25) is 5.91 Å². The summed E-state index contributed by atoms with van der Waals surface area (Å²) in [6, 6.07) is 2.15. The molecule has 0 aromatic carbocycles. The number of carbonyl (C=O) groups excluding carboxylic acids is 1. The molecule has 1 aromatic heterocycles. The van der Waals surface area contributed by atoms with Crippen molar-refractivity contribution in [1.29, 1.82) is 0 Å². The van der Waals surface area contributed by atoms with Gasteiger partial charge in [0.25, 0.3) is 0 Å². The lowest BCUT2D eigenvalue weighted by Crippen LogP contribution is -2.30. The van der Waals surface area contributed by atoms with Crippen LogP contribution < -0.4 is 11.1 Å². The molecule has 3 N–H and O–H groups in total. The van der Waals surface area contributed by atoms with Gasteiger partial charge in [-0.25, -0.2) is 0 Å². The van der Waals surface area contributed by atoms with Crippen molar-refractivity contribution < 1.29 is 4.79 Å². The molecule has 4 heteroatoms. The molecular formula is C11H18N2OS. The van der Waals surface area contributed by atoms with E-state index in [-0.39, 0.29) is 11.8 Å². The largest absolute Gasteiger partial charge is 0.369 e. The lowest BCUT2D eigenvalue weighted by molar-refractivity contribution is -0.121. The standard InChI is InChI=1S/C11H18N2OS/c1-3-9-4-5-15-10(9)7-13-6-8(2)11(12)14/h4-5,8,13H,3,6-7H2,1-2H3,(H2,12,14). The second-order valence-corrected chi connectivity index (χ2v) is 4.66. The molecule has 0 aliphatic heterocycles. The molecule has 0 saturated carbocycles. The van der Waals surface area contributed by atoms with Gasteiger partial charge in [0.05, 0.1) is 0 Å². The first-order valence-electron chi connectivity index (χ1n) is 5.20. The van der Waals surface area contributed by atoms with E-state index in [0.29, 0.717) is 6.54 Å². The molecule has 1 heterocycles. The van der Waals surface area contributed by atoms with Crippen molar-refractivity contribution in [2.45, 2.75) is 26.8 Å². The number of primary amides is 1. The van der Waals surface area contributed by atoms with E-state index >= 15 is 0 Å². The number of aryl methyl sites for hydroxylation is 1. The van der Waals surface area contributed by atoms with E-state index < -0.39 is 0 Å². The summed E-state index contributed by atoms with van der Waals surface area (Å²) in [4.78, 5) is 12.2. The number of hydrogen-bond donors (Lipinski definition) is 2. The lowest BCUT2D eigenvalue weighted by Gasteiger charge is -2.08. The van der Waals surface area contributed by atoms with Crippen LogP contribution in [-0.4, -0.2) is 12.5 Å². The Balaban J connectivity index is 2.34. The quantitative estimate of drug-likeness (QED) is 0.772. The molecule has 0 radical (unpaired) electrons. The molecule has 1 aromatic rings. The van der Waals surface area contributed by atoms with Crippen LogP contribution >= 0.6 is 11.3 Å². The molecule has 0 aliphatic carbocycles. The van der Waals surface area contributed by atoms with E-state index in [4.69, 9.17) is 5.73 Å². The highest BCUT2D eigenvalue weighted by atomic mass is 32.1. The van der Waals surface area contributed by atoms with Crippen LogP contribution in [0.3, 0.4) is 0 Å². The fraction of sp³-hybridized carbons (Fsp3) is 0.545. The Morgan fingerprint density at radius 3 is 3.00 bits per heavy atom. The summed E-state index contributed by atoms with van der Waals surface area (Å²) in [5.41, 5.74) is 6.56. The number of rotatable bonds is 6. The smallest absolute Gasteiger partial charge is 0.221 e. The van der Waals surface area contributed by atoms with Crippen molar-refractivity contribution in [1.82, 2.24) is 5.32 Å². The van der Waals surface area contributed by atoms with Gasteiger partial charge in [-0.1, -0.05) is 13.8 Å². The van der Waals surface area contributed by atoms with Crippen molar-refractivity contribution in [3.63, 3.8) is 0 Å². The molecule has 0 spiro atoms. The monoisotopic (exact) mass is 226 g/mol. The van der Waals surface area contributed by atoms with Crippen LogP contribution in [-0.2, 0) is 17.8 Å². The Labute approximate surface area is 94.7 Å². The highest BCUT2D eigenvalue weighted by molar-refractivity contribution is 7.10. The summed E-state index contributed by atoms with van der Waals surface area (Å²) >= 11 is 1.76. The van der Waals surface area contributed by atoms with Crippen LogP contribution in [0, 0.1) is 5.92 Å². The van der Waals surface area contributed by atoms with Gasteiger partial charge >= 0.3 is 0 Å². The highest BCUT2D eigenvalue weighted by Crippen LogP contribution is 2.16. The van der Waals surface area contributed by atoms with Gasteiger partial charge in [0.1, 0.15) is 0 Å². The number of nitrogens with two attached hydrogens (primary N) is 1. The number of hydrogen-bond acceptors (Lipinski definition) is 3. The maximum Gasteiger partial charge on any atom is 0.221 e. The minimum absolute atomic E-state index is 0.102. The normalized spacial score (nSPS) is 12.7. The van der Waals surface area contributed by atoms with Gasteiger partial charge in [-0.2, -0.15) is 0 Å². The predicted octanol–water partition coefficient (Wildman–Crippen LogP) is 1.52. The summed E-state index contributed by atoms with van der Waals surface area (Å²) < 4.78 is 0. The number of nitrogens with one attached hydrogen (secondary N) is 1. The van der Waals surface area contributed by atoms with Gasteiger partial charge in [0, 0.05) is 23.9 Å². The van der Waals surface area contributed by atoms with Gasteiger partial charge in [0.15, 0.2) is 0 Å². The Kier molecular flexibility index (Phi) is 4.78. The summed E-state index contributed by atoms with van der Waals surface area (Å²) in [6.45, 7) is 5.47. The Morgan fingerprint density at radius 1 is 1.67 bits per heavy atom. The molecule has 84 valence electrons. The average molecular weight is 226 g/mol. The van der Waals surface area contributed by atoms with Crippen molar-refractivity contribution >= 4 is 17.2 Å². The number of thiophene rings is 1. The third-order valence-electron chi connectivity index (χ3n) is 2.44. The van der Waals surface area contributed by atoms with Crippen LogP contribution in [0.1, 0.15) is 24.3 Å². The van der Waals surface area contributed by atoms with Gasteiger partial charge in [-0.05, 0) is 23.4 Å². The third-order valence-corrected chi connectivity index (χ3v) is 3.40. The zero-order valence-corrected chi connectivity index (χ0v) is 10.1. The minimum Gasteiger partial charge on any atom is -0.369 e. The van der Waals surface area contributed by atoms with Crippen LogP contribution in [0.15, 0.2) is 11.4 Å². The second-order valence-electron chi connectivity index (χ2n) is 3.66. The Hall–Kier alpha value is -0.870. The summed E-state index contributed by atoms with van der Waals surface area (Å²) in [6.07, 6.45) is 1.06. The van der Waals surface area contributed by atoms with Crippen LogP contribution in [0.5, 0.6) is 0 Å². The molecule has 0 fully saturated rings.